The van der Waals surface area contributed by atoms with Crippen LogP contribution in [0.1, 0.15) is 51.9 Å². The van der Waals surface area contributed by atoms with Crippen LogP contribution in [0.5, 0.6) is 0 Å². The summed E-state index contributed by atoms with van der Waals surface area (Å²) in [5.74, 6) is 0. The van der Waals surface area contributed by atoms with E-state index in [0.717, 1.165) is 24.2 Å². The van der Waals surface area contributed by atoms with Crippen LogP contribution >= 0.6 is 0 Å². The average molecular weight is 252 g/mol. The van der Waals surface area contributed by atoms with Crippen molar-refractivity contribution in [2.45, 2.75) is 82.1 Å². The summed E-state index contributed by atoms with van der Waals surface area (Å²) in [6, 6.07) is 3.27. The zero-order chi connectivity index (χ0) is 12.5. The fraction of sp³-hybridized carbons (Fsp3) is 1.00. The summed E-state index contributed by atoms with van der Waals surface area (Å²) in [6.07, 6.45) is 9.92. The van der Waals surface area contributed by atoms with E-state index in [9.17, 15) is 0 Å². The first-order chi connectivity index (χ1) is 8.80. The van der Waals surface area contributed by atoms with Crippen LogP contribution in [0.2, 0.25) is 0 Å². The Labute approximate surface area is 111 Å². The Morgan fingerprint density at radius 1 is 1.06 bits per heavy atom. The van der Waals surface area contributed by atoms with Gasteiger partial charge in [0.1, 0.15) is 0 Å². The number of piperidine rings is 1. The average Bonchev–Trinajstić information content (AvgIpc) is 2.66. The van der Waals surface area contributed by atoms with E-state index >= 15 is 0 Å². The van der Waals surface area contributed by atoms with Crippen LogP contribution in [0, 0.1) is 0 Å². The molecule has 0 amide bonds. The molecule has 2 bridgehead atoms. The van der Waals surface area contributed by atoms with Gasteiger partial charge in [-0.05, 0) is 51.5 Å². The predicted octanol–water partition coefficient (Wildman–Crippen LogP) is 2.16. The maximum Gasteiger partial charge on any atom is 0.0601 e. The van der Waals surface area contributed by atoms with Crippen LogP contribution in [0.25, 0.3) is 0 Å². The van der Waals surface area contributed by atoms with Crippen LogP contribution in [0.3, 0.4) is 0 Å². The molecule has 0 spiro atoms. The van der Waals surface area contributed by atoms with Crippen molar-refractivity contribution in [2.75, 3.05) is 13.7 Å². The molecule has 0 aromatic carbocycles. The molecule has 2 saturated heterocycles. The molecule has 2 atom stereocenters. The van der Waals surface area contributed by atoms with Gasteiger partial charge in [0.15, 0.2) is 0 Å². The highest BCUT2D eigenvalue weighted by Crippen LogP contribution is 2.35. The molecule has 0 radical (unpaired) electrons. The minimum atomic E-state index is 0.535. The van der Waals surface area contributed by atoms with Crippen molar-refractivity contribution in [1.82, 2.24) is 10.2 Å². The minimum absolute atomic E-state index is 0.535. The summed E-state index contributed by atoms with van der Waals surface area (Å²) in [7, 11) is 1.86. The molecule has 1 N–H and O–H groups in total. The third-order valence-corrected chi connectivity index (χ3v) is 5.27. The lowest BCUT2D eigenvalue weighted by molar-refractivity contribution is -0.0474. The molecule has 0 aromatic rings. The first-order valence-electron chi connectivity index (χ1n) is 7.84. The molecule has 3 fully saturated rings. The van der Waals surface area contributed by atoms with Gasteiger partial charge in [-0.3, -0.25) is 4.90 Å². The summed E-state index contributed by atoms with van der Waals surface area (Å²) < 4.78 is 5.45. The van der Waals surface area contributed by atoms with Crippen LogP contribution in [0.15, 0.2) is 0 Å². The largest absolute Gasteiger partial charge is 0.381 e. The summed E-state index contributed by atoms with van der Waals surface area (Å²) in [5.41, 5.74) is 0. The fourth-order valence-corrected chi connectivity index (χ4v) is 4.22. The van der Waals surface area contributed by atoms with E-state index in [2.05, 4.69) is 17.1 Å². The summed E-state index contributed by atoms with van der Waals surface area (Å²) in [5, 5.41) is 3.76. The van der Waals surface area contributed by atoms with Crippen molar-refractivity contribution >= 4 is 0 Å². The van der Waals surface area contributed by atoms with E-state index < -0.39 is 0 Å². The zero-order valence-electron chi connectivity index (χ0n) is 11.9. The molecule has 3 rings (SSSR count). The number of hydrogen-bond donors (Lipinski definition) is 1. The second-order valence-corrected chi connectivity index (χ2v) is 6.48. The first kappa shape index (κ1) is 12.9. The Hall–Kier alpha value is -0.120. The molecule has 3 heteroatoms. The number of nitrogens with one attached hydrogen (secondary N) is 1. The topological polar surface area (TPSA) is 24.5 Å². The fourth-order valence-electron chi connectivity index (χ4n) is 4.22. The number of fused-ring (bicyclic) bond motifs is 2. The highest BCUT2D eigenvalue weighted by Gasteiger charge is 2.41. The van der Waals surface area contributed by atoms with Crippen LogP contribution in [-0.2, 0) is 4.74 Å². The van der Waals surface area contributed by atoms with Gasteiger partial charge in [0.05, 0.1) is 6.10 Å². The van der Waals surface area contributed by atoms with E-state index in [-0.39, 0.29) is 0 Å². The van der Waals surface area contributed by atoms with Crippen molar-refractivity contribution in [1.29, 1.82) is 0 Å². The van der Waals surface area contributed by atoms with Gasteiger partial charge < -0.3 is 10.1 Å². The number of hydrogen-bond acceptors (Lipinski definition) is 3. The molecule has 3 nitrogen and oxygen atoms in total. The normalized spacial score (nSPS) is 43.2. The first-order valence-corrected chi connectivity index (χ1v) is 7.84. The number of methoxy groups -OCH3 is 1. The molecule has 2 heterocycles. The Kier molecular flexibility index (Phi) is 3.92. The third kappa shape index (κ3) is 2.45. The molecule has 0 aromatic heterocycles. The molecule has 2 unspecified atom stereocenters. The Balaban J connectivity index is 1.59. The number of nitrogens with zero attached hydrogens (tertiary/aromatic N) is 1. The molecular weight excluding hydrogens is 224 g/mol. The predicted molar refractivity (Wildman–Crippen MR) is 73.8 cm³/mol. The number of ether oxygens (including phenoxy) is 1. The number of rotatable bonds is 5. The summed E-state index contributed by atoms with van der Waals surface area (Å²) >= 11 is 0. The second-order valence-electron chi connectivity index (χ2n) is 6.48. The Morgan fingerprint density at radius 2 is 1.67 bits per heavy atom. The Bertz CT molecular complexity index is 266. The van der Waals surface area contributed by atoms with Gasteiger partial charge in [-0.15, -0.1) is 0 Å². The van der Waals surface area contributed by atoms with Crippen LogP contribution in [0.4, 0.5) is 0 Å². The van der Waals surface area contributed by atoms with E-state index in [1.165, 1.54) is 51.5 Å². The van der Waals surface area contributed by atoms with Gasteiger partial charge in [-0.1, -0.05) is 6.92 Å². The Morgan fingerprint density at radius 3 is 2.22 bits per heavy atom. The monoisotopic (exact) mass is 252 g/mol. The standard InChI is InChI=1S/C15H28N2O/c1-3-6-17(14-9-15(10-14)18-2)13-7-11-4-5-12(8-13)16-11/h11-16H,3-10H2,1-2H3. The summed E-state index contributed by atoms with van der Waals surface area (Å²) in [6.45, 7) is 3.60. The lowest BCUT2D eigenvalue weighted by atomic mass is 9.85. The lowest BCUT2D eigenvalue weighted by Crippen LogP contribution is -2.56. The maximum absolute atomic E-state index is 5.45. The highest BCUT2D eigenvalue weighted by molar-refractivity contribution is 4.99. The molecule has 1 saturated carbocycles. The van der Waals surface area contributed by atoms with Crippen LogP contribution < -0.4 is 5.32 Å². The van der Waals surface area contributed by atoms with Crippen LogP contribution in [-0.4, -0.2) is 48.8 Å². The van der Waals surface area contributed by atoms with Crippen molar-refractivity contribution in [3.63, 3.8) is 0 Å². The van der Waals surface area contributed by atoms with E-state index in [1.807, 2.05) is 7.11 Å². The van der Waals surface area contributed by atoms with E-state index in [4.69, 9.17) is 4.74 Å². The van der Waals surface area contributed by atoms with Gasteiger partial charge in [-0.25, -0.2) is 0 Å². The molecule has 18 heavy (non-hydrogen) atoms. The molecular formula is C15H28N2O. The lowest BCUT2D eigenvalue weighted by Gasteiger charge is -2.48. The quantitative estimate of drug-likeness (QED) is 0.811. The van der Waals surface area contributed by atoms with Gasteiger partial charge in [0, 0.05) is 31.3 Å². The van der Waals surface area contributed by atoms with Crippen molar-refractivity contribution in [2.24, 2.45) is 0 Å². The highest BCUT2D eigenvalue weighted by atomic mass is 16.5. The maximum atomic E-state index is 5.45. The van der Waals surface area contributed by atoms with Gasteiger partial charge >= 0.3 is 0 Å². The third-order valence-electron chi connectivity index (χ3n) is 5.27. The van der Waals surface area contributed by atoms with Gasteiger partial charge in [0.2, 0.25) is 0 Å². The van der Waals surface area contributed by atoms with E-state index in [0.29, 0.717) is 6.10 Å². The van der Waals surface area contributed by atoms with Crippen molar-refractivity contribution < 1.29 is 4.74 Å². The molecule has 3 aliphatic rings. The zero-order valence-corrected chi connectivity index (χ0v) is 11.9. The molecule has 104 valence electrons. The van der Waals surface area contributed by atoms with Crippen molar-refractivity contribution in [3.05, 3.63) is 0 Å². The smallest absolute Gasteiger partial charge is 0.0601 e. The second kappa shape index (κ2) is 5.48. The van der Waals surface area contributed by atoms with Gasteiger partial charge in [0.25, 0.3) is 0 Å². The SMILES string of the molecule is CCCN(C1CC2CCC(C1)N2)C1CC(OC)C1. The van der Waals surface area contributed by atoms with E-state index in [1.54, 1.807) is 0 Å². The van der Waals surface area contributed by atoms with Gasteiger partial charge in [-0.2, -0.15) is 0 Å². The minimum Gasteiger partial charge on any atom is -0.381 e. The molecule has 1 aliphatic carbocycles. The van der Waals surface area contributed by atoms with Crippen molar-refractivity contribution in [3.8, 4) is 0 Å². The summed E-state index contributed by atoms with van der Waals surface area (Å²) in [4.78, 5) is 2.82. The molecule has 2 aliphatic heterocycles.